The van der Waals surface area contributed by atoms with Gasteiger partial charge in [0.2, 0.25) is 5.91 Å². The van der Waals surface area contributed by atoms with Crippen LogP contribution in [-0.2, 0) is 33.9 Å². The summed E-state index contributed by atoms with van der Waals surface area (Å²) in [6, 6.07) is 14.7. The fourth-order valence-corrected chi connectivity index (χ4v) is 3.55. The van der Waals surface area contributed by atoms with Crippen molar-refractivity contribution in [2.75, 3.05) is 0 Å². The molecule has 30 heavy (non-hydrogen) atoms. The van der Waals surface area contributed by atoms with E-state index in [1.807, 2.05) is 30.3 Å². The fraction of sp³-hybridized carbons (Fsp3) is 0.136. The largest absolute Gasteiger partial charge is 0.456 e. The van der Waals surface area contributed by atoms with E-state index in [-0.39, 0.29) is 18.9 Å². The van der Waals surface area contributed by atoms with E-state index in [4.69, 9.17) is 27.9 Å². The third kappa shape index (κ3) is 6.99. The van der Waals surface area contributed by atoms with Crippen molar-refractivity contribution in [1.29, 1.82) is 0 Å². The molecule has 0 saturated carbocycles. The number of thiazole rings is 1. The highest BCUT2D eigenvalue weighted by Gasteiger charge is 2.09. The molecule has 0 fully saturated rings. The number of carbonyl (C=O) groups is 2. The average Bonchev–Trinajstić information content (AvgIpc) is 3.19. The van der Waals surface area contributed by atoms with Crippen LogP contribution in [0, 0.1) is 0 Å². The Bertz CT molecular complexity index is 1050. The Hall–Kier alpha value is -2.67. The predicted molar refractivity (Wildman–Crippen MR) is 119 cm³/mol. The van der Waals surface area contributed by atoms with Gasteiger partial charge in [-0.3, -0.25) is 4.79 Å². The molecule has 1 amide bonds. The van der Waals surface area contributed by atoms with E-state index in [2.05, 4.69) is 10.3 Å². The maximum absolute atomic E-state index is 12.1. The Kier molecular flexibility index (Phi) is 8.02. The zero-order valence-electron chi connectivity index (χ0n) is 15.8. The van der Waals surface area contributed by atoms with Crippen molar-refractivity contribution in [2.45, 2.75) is 19.6 Å². The SMILES string of the molecule is O=C(Cc1nc(COC(=O)C=Cc2ccc(Cl)c(Cl)c2)cs1)NCc1ccccc1. The van der Waals surface area contributed by atoms with Gasteiger partial charge in [0.05, 0.1) is 22.2 Å². The number of hydrogen-bond acceptors (Lipinski definition) is 5. The summed E-state index contributed by atoms with van der Waals surface area (Å²) in [5, 5.41) is 6.16. The molecular formula is C22H18Cl2N2O3S. The normalized spacial score (nSPS) is 10.9. The first-order valence-corrected chi connectivity index (χ1v) is 10.7. The van der Waals surface area contributed by atoms with Crippen molar-refractivity contribution in [3.63, 3.8) is 0 Å². The predicted octanol–water partition coefficient (Wildman–Crippen LogP) is 5.07. The molecule has 1 N–H and O–H groups in total. The Morgan fingerprint density at radius 2 is 1.90 bits per heavy atom. The van der Waals surface area contributed by atoms with E-state index in [0.717, 1.165) is 11.1 Å². The molecule has 1 aromatic heterocycles. The lowest BCUT2D eigenvalue weighted by molar-refractivity contribution is -0.139. The highest BCUT2D eigenvalue weighted by Crippen LogP contribution is 2.23. The van der Waals surface area contributed by atoms with Crippen molar-refractivity contribution >= 4 is 52.5 Å². The first-order chi connectivity index (χ1) is 14.5. The molecule has 8 heteroatoms. The summed E-state index contributed by atoms with van der Waals surface area (Å²) >= 11 is 13.2. The fourth-order valence-electron chi connectivity index (χ4n) is 2.47. The minimum absolute atomic E-state index is 0.0344. The highest BCUT2D eigenvalue weighted by molar-refractivity contribution is 7.09. The van der Waals surface area contributed by atoms with E-state index in [0.29, 0.717) is 27.3 Å². The van der Waals surface area contributed by atoms with Crippen LogP contribution >= 0.6 is 34.5 Å². The van der Waals surface area contributed by atoms with Gasteiger partial charge in [0.1, 0.15) is 11.6 Å². The molecule has 2 aromatic carbocycles. The van der Waals surface area contributed by atoms with Crippen LogP contribution in [0.4, 0.5) is 0 Å². The average molecular weight is 461 g/mol. The van der Waals surface area contributed by atoms with Crippen LogP contribution in [0.15, 0.2) is 60.0 Å². The van der Waals surface area contributed by atoms with E-state index < -0.39 is 5.97 Å². The molecule has 0 aliphatic carbocycles. The van der Waals surface area contributed by atoms with E-state index in [9.17, 15) is 9.59 Å². The summed E-state index contributed by atoms with van der Waals surface area (Å²) in [7, 11) is 0. The summed E-state index contributed by atoms with van der Waals surface area (Å²) in [5.41, 5.74) is 2.37. The highest BCUT2D eigenvalue weighted by atomic mass is 35.5. The molecule has 154 valence electrons. The minimum atomic E-state index is -0.503. The number of esters is 1. The summed E-state index contributed by atoms with van der Waals surface area (Å²) < 4.78 is 5.19. The summed E-state index contributed by atoms with van der Waals surface area (Å²) in [5.74, 6) is -0.613. The van der Waals surface area contributed by atoms with Gasteiger partial charge in [-0.1, -0.05) is 59.6 Å². The van der Waals surface area contributed by atoms with Crippen LogP contribution in [0.5, 0.6) is 0 Å². The van der Waals surface area contributed by atoms with Gasteiger partial charge in [0.25, 0.3) is 0 Å². The van der Waals surface area contributed by atoms with Crippen molar-refractivity contribution in [2.24, 2.45) is 0 Å². The summed E-state index contributed by atoms with van der Waals surface area (Å²) in [6.07, 6.45) is 3.08. The second-order valence-electron chi connectivity index (χ2n) is 6.29. The number of hydrogen-bond donors (Lipinski definition) is 1. The molecule has 0 aliphatic rings. The maximum Gasteiger partial charge on any atom is 0.331 e. The maximum atomic E-state index is 12.1. The van der Waals surface area contributed by atoms with Crippen LogP contribution in [0.25, 0.3) is 6.08 Å². The van der Waals surface area contributed by atoms with Gasteiger partial charge in [0.15, 0.2) is 0 Å². The van der Waals surface area contributed by atoms with Crippen LogP contribution in [0.3, 0.4) is 0 Å². The third-order valence-corrected chi connectivity index (χ3v) is 5.60. The van der Waals surface area contributed by atoms with Crippen LogP contribution in [0.2, 0.25) is 10.0 Å². The Morgan fingerprint density at radius 1 is 1.10 bits per heavy atom. The second-order valence-corrected chi connectivity index (χ2v) is 8.04. The zero-order valence-corrected chi connectivity index (χ0v) is 18.1. The number of aromatic nitrogens is 1. The lowest BCUT2D eigenvalue weighted by Crippen LogP contribution is -2.24. The Morgan fingerprint density at radius 3 is 2.67 bits per heavy atom. The number of rotatable bonds is 8. The number of nitrogens with zero attached hydrogens (tertiary/aromatic N) is 1. The topological polar surface area (TPSA) is 68.3 Å². The third-order valence-electron chi connectivity index (χ3n) is 3.96. The lowest BCUT2D eigenvalue weighted by Gasteiger charge is -2.03. The molecule has 0 atom stereocenters. The van der Waals surface area contributed by atoms with Crippen LogP contribution < -0.4 is 5.32 Å². The smallest absolute Gasteiger partial charge is 0.331 e. The van der Waals surface area contributed by atoms with Crippen molar-refractivity contribution < 1.29 is 14.3 Å². The van der Waals surface area contributed by atoms with Gasteiger partial charge in [0, 0.05) is 18.0 Å². The van der Waals surface area contributed by atoms with Crippen LogP contribution in [0.1, 0.15) is 21.8 Å². The van der Waals surface area contributed by atoms with Gasteiger partial charge >= 0.3 is 5.97 Å². The summed E-state index contributed by atoms with van der Waals surface area (Å²) in [6.45, 7) is 0.507. The Labute approximate surface area is 188 Å². The first-order valence-electron chi connectivity index (χ1n) is 9.03. The molecule has 0 saturated heterocycles. The minimum Gasteiger partial charge on any atom is -0.456 e. The number of ether oxygens (including phenoxy) is 1. The van der Waals surface area contributed by atoms with Crippen molar-refractivity contribution in [1.82, 2.24) is 10.3 Å². The first kappa shape index (κ1) is 22.0. The number of benzene rings is 2. The van der Waals surface area contributed by atoms with Crippen LogP contribution in [-0.4, -0.2) is 16.9 Å². The second kappa shape index (κ2) is 10.9. The van der Waals surface area contributed by atoms with Crippen molar-refractivity contribution in [3.8, 4) is 0 Å². The molecule has 0 bridgehead atoms. The van der Waals surface area contributed by atoms with E-state index >= 15 is 0 Å². The lowest BCUT2D eigenvalue weighted by atomic mass is 10.2. The monoisotopic (exact) mass is 460 g/mol. The Balaban J connectivity index is 1.43. The molecule has 3 rings (SSSR count). The van der Waals surface area contributed by atoms with Gasteiger partial charge in [-0.05, 0) is 29.3 Å². The number of carbonyl (C=O) groups excluding carboxylic acids is 2. The molecule has 1 heterocycles. The quantitative estimate of drug-likeness (QED) is 0.376. The van der Waals surface area contributed by atoms with Crippen molar-refractivity contribution in [3.05, 3.63) is 91.9 Å². The van der Waals surface area contributed by atoms with Gasteiger partial charge in [-0.15, -0.1) is 11.3 Å². The van der Waals surface area contributed by atoms with E-state index in [1.165, 1.54) is 17.4 Å². The summed E-state index contributed by atoms with van der Waals surface area (Å²) in [4.78, 5) is 28.3. The zero-order chi connectivity index (χ0) is 21.3. The molecule has 0 aliphatic heterocycles. The molecule has 3 aromatic rings. The molecule has 0 unspecified atom stereocenters. The van der Waals surface area contributed by atoms with Gasteiger partial charge in [-0.25, -0.2) is 9.78 Å². The number of halogens is 2. The van der Waals surface area contributed by atoms with E-state index in [1.54, 1.807) is 29.7 Å². The molecule has 0 radical (unpaired) electrons. The molecular weight excluding hydrogens is 443 g/mol. The number of amides is 1. The van der Waals surface area contributed by atoms with Gasteiger partial charge in [-0.2, -0.15) is 0 Å². The molecule has 5 nitrogen and oxygen atoms in total. The molecule has 0 spiro atoms. The van der Waals surface area contributed by atoms with Gasteiger partial charge < -0.3 is 10.1 Å². The standard InChI is InChI=1S/C22H18Cl2N2O3S/c23-18-8-6-15(10-19(18)24)7-9-22(28)29-13-17-14-30-21(26-17)11-20(27)25-12-16-4-2-1-3-5-16/h1-10,14H,11-13H2,(H,25,27). The number of nitrogens with one attached hydrogen (secondary N) is 1.